The lowest BCUT2D eigenvalue weighted by Crippen LogP contribution is -2.47. The number of aromatic nitrogens is 4. The number of hydrogen-bond acceptors (Lipinski definition) is 6. The van der Waals surface area contributed by atoms with E-state index < -0.39 is 0 Å². The van der Waals surface area contributed by atoms with E-state index in [1.54, 1.807) is 13.4 Å². The Hall–Kier alpha value is -2.83. The molecular weight excluding hydrogens is 316 g/mol. The molecule has 7 nitrogen and oxygen atoms in total. The minimum Gasteiger partial charge on any atom is -0.497 e. The zero-order valence-electron chi connectivity index (χ0n) is 14.6. The summed E-state index contributed by atoms with van der Waals surface area (Å²) in [6, 6.07) is 10.4. The van der Waals surface area contributed by atoms with Gasteiger partial charge in [-0.2, -0.15) is 14.6 Å². The van der Waals surface area contributed by atoms with Crippen molar-refractivity contribution in [1.82, 2.24) is 19.6 Å². The van der Waals surface area contributed by atoms with Gasteiger partial charge in [-0.3, -0.25) is 0 Å². The monoisotopic (exact) mass is 338 g/mol. The molecule has 130 valence electrons. The van der Waals surface area contributed by atoms with Gasteiger partial charge in [0.15, 0.2) is 0 Å². The molecule has 0 radical (unpaired) electrons. The first-order valence-electron chi connectivity index (χ1n) is 8.62. The van der Waals surface area contributed by atoms with E-state index in [1.165, 1.54) is 5.69 Å². The molecule has 4 rings (SSSR count). The lowest BCUT2D eigenvalue weighted by Gasteiger charge is -2.37. The Bertz CT molecular complexity index is 852. The fourth-order valence-electron chi connectivity index (χ4n) is 3.24. The van der Waals surface area contributed by atoms with Gasteiger partial charge in [-0.25, -0.2) is 4.98 Å². The summed E-state index contributed by atoms with van der Waals surface area (Å²) in [5.41, 5.74) is 2.28. The van der Waals surface area contributed by atoms with Crippen LogP contribution in [-0.4, -0.2) is 52.9 Å². The van der Waals surface area contributed by atoms with Crippen LogP contribution in [0.25, 0.3) is 5.78 Å². The molecule has 1 saturated heterocycles. The van der Waals surface area contributed by atoms with Crippen molar-refractivity contribution >= 4 is 17.3 Å². The average Bonchev–Trinajstić information content (AvgIpc) is 3.16. The van der Waals surface area contributed by atoms with Crippen LogP contribution in [0.3, 0.4) is 0 Å². The fraction of sp³-hybridized carbons (Fsp3) is 0.389. The van der Waals surface area contributed by atoms with Crippen molar-refractivity contribution < 1.29 is 4.74 Å². The van der Waals surface area contributed by atoms with Gasteiger partial charge in [-0.05, 0) is 30.7 Å². The molecule has 0 atom stereocenters. The Morgan fingerprint density at radius 1 is 1.04 bits per heavy atom. The number of anilines is 2. The normalized spacial score (nSPS) is 15.0. The van der Waals surface area contributed by atoms with Gasteiger partial charge in [0.1, 0.15) is 17.9 Å². The highest BCUT2D eigenvalue weighted by Crippen LogP contribution is 2.23. The van der Waals surface area contributed by atoms with Crippen molar-refractivity contribution in [1.29, 1.82) is 0 Å². The van der Waals surface area contributed by atoms with Crippen LogP contribution in [0.1, 0.15) is 12.6 Å². The number of aryl methyl sites for hydroxylation is 1. The minimum atomic E-state index is 0.673. The van der Waals surface area contributed by atoms with Crippen molar-refractivity contribution in [3.05, 3.63) is 42.4 Å². The average molecular weight is 338 g/mol. The third-order valence-corrected chi connectivity index (χ3v) is 4.69. The summed E-state index contributed by atoms with van der Waals surface area (Å²) in [5.74, 6) is 2.64. The molecule has 0 aliphatic carbocycles. The molecule has 0 unspecified atom stereocenters. The third kappa shape index (κ3) is 2.97. The van der Waals surface area contributed by atoms with E-state index in [9.17, 15) is 0 Å². The third-order valence-electron chi connectivity index (χ3n) is 4.69. The first-order valence-corrected chi connectivity index (χ1v) is 8.62. The molecule has 0 N–H and O–H groups in total. The van der Waals surface area contributed by atoms with Crippen molar-refractivity contribution in [3.63, 3.8) is 0 Å². The van der Waals surface area contributed by atoms with Crippen LogP contribution in [0.15, 0.2) is 36.7 Å². The van der Waals surface area contributed by atoms with Gasteiger partial charge in [0.2, 0.25) is 0 Å². The maximum absolute atomic E-state index is 5.24. The summed E-state index contributed by atoms with van der Waals surface area (Å²) >= 11 is 0. The molecule has 2 aromatic heterocycles. The first-order chi connectivity index (χ1) is 12.3. The molecule has 0 saturated carbocycles. The number of hydrogen-bond donors (Lipinski definition) is 0. The molecule has 0 amide bonds. The van der Waals surface area contributed by atoms with Gasteiger partial charge < -0.3 is 14.5 Å². The van der Waals surface area contributed by atoms with Crippen molar-refractivity contribution in [2.75, 3.05) is 43.1 Å². The van der Waals surface area contributed by atoms with E-state index in [1.807, 2.05) is 16.6 Å². The van der Waals surface area contributed by atoms with Crippen LogP contribution in [0.4, 0.5) is 11.5 Å². The van der Waals surface area contributed by atoms with E-state index in [4.69, 9.17) is 4.74 Å². The van der Waals surface area contributed by atoms with Gasteiger partial charge >= 0.3 is 0 Å². The van der Waals surface area contributed by atoms with Crippen LogP contribution in [0.2, 0.25) is 0 Å². The lowest BCUT2D eigenvalue weighted by molar-refractivity contribution is 0.415. The van der Waals surface area contributed by atoms with Gasteiger partial charge in [0, 0.05) is 43.6 Å². The molecule has 1 aliphatic rings. The fourth-order valence-corrected chi connectivity index (χ4v) is 3.24. The van der Waals surface area contributed by atoms with Gasteiger partial charge in [-0.1, -0.05) is 6.92 Å². The molecule has 0 spiro atoms. The zero-order chi connectivity index (χ0) is 17.2. The van der Waals surface area contributed by atoms with Crippen LogP contribution in [-0.2, 0) is 6.42 Å². The summed E-state index contributed by atoms with van der Waals surface area (Å²) in [5, 5.41) is 4.34. The second-order valence-electron chi connectivity index (χ2n) is 6.10. The molecular formula is C18H22N6O. The van der Waals surface area contributed by atoms with Gasteiger partial charge in [-0.15, -0.1) is 0 Å². The Balaban J connectivity index is 1.52. The number of piperazine rings is 1. The molecule has 25 heavy (non-hydrogen) atoms. The standard InChI is InChI=1S/C18H22N6O/c1-3-14-12-17(24-18(21-14)19-13-20-24)23-10-8-22(9-11-23)15-4-6-16(25-2)7-5-15/h4-7,12-13H,3,8-11H2,1-2H3. The SMILES string of the molecule is CCc1cc(N2CCN(c3ccc(OC)cc3)CC2)n2ncnc2n1. The molecule has 3 aromatic rings. The quantitative estimate of drug-likeness (QED) is 0.725. The lowest BCUT2D eigenvalue weighted by atomic mass is 10.2. The molecule has 1 fully saturated rings. The van der Waals surface area contributed by atoms with Crippen LogP contribution in [0.5, 0.6) is 5.75 Å². The topological polar surface area (TPSA) is 58.8 Å². The summed E-state index contributed by atoms with van der Waals surface area (Å²) in [4.78, 5) is 13.5. The summed E-state index contributed by atoms with van der Waals surface area (Å²) in [6.45, 7) is 5.92. The van der Waals surface area contributed by atoms with Gasteiger partial charge in [0.25, 0.3) is 5.78 Å². The molecule has 0 bridgehead atoms. The molecule has 1 aromatic carbocycles. The number of benzene rings is 1. The Morgan fingerprint density at radius 2 is 1.76 bits per heavy atom. The van der Waals surface area contributed by atoms with E-state index in [2.05, 4.69) is 50.0 Å². The van der Waals surface area contributed by atoms with Crippen LogP contribution in [0, 0.1) is 0 Å². The smallest absolute Gasteiger partial charge is 0.254 e. The van der Waals surface area contributed by atoms with Gasteiger partial charge in [0.05, 0.1) is 7.11 Å². The number of ether oxygens (including phenoxy) is 1. The largest absolute Gasteiger partial charge is 0.497 e. The Labute approximate surface area is 146 Å². The molecule has 7 heteroatoms. The van der Waals surface area contributed by atoms with E-state index >= 15 is 0 Å². The highest BCUT2D eigenvalue weighted by atomic mass is 16.5. The van der Waals surface area contributed by atoms with Crippen LogP contribution >= 0.6 is 0 Å². The van der Waals surface area contributed by atoms with E-state index in [0.29, 0.717) is 5.78 Å². The predicted molar refractivity (Wildman–Crippen MR) is 97.6 cm³/mol. The first kappa shape index (κ1) is 15.7. The molecule has 3 heterocycles. The second-order valence-corrected chi connectivity index (χ2v) is 6.10. The Morgan fingerprint density at radius 3 is 2.44 bits per heavy atom. The minimum absolute atomic E-state index is 0.673. The second kappa shape index (κ2) is 6.58. The van der Waals surface area contributed by atoms with Crippen molar-refractivity contribution in [2.24, 2.45) is 0 Å². The molecule has 1 aliphatic heterocycles. The number of rotatable bonds is 4. The van der Waals surface area contributed by atoms with E-state index in [0.717, 1.165) is 49.9 Å². The number of methoxy groups -OCH3 is 1. The van der Waals surface area contributed by atoms with Crippen LogP contribution < -0.4 is 14.5 Å². The maximum Gasteiger partial charge on any atom is 0.254 e. The number of fused-ring (bicyclic) bond motifs is 1. The predicted octanol–water partition coefficient (Wildman–Crippen LogP) is 2.02. The Kier molecular flexibility index (Phi) is 4.13. The van der Waals surface area contributed by atoms with E-state index in [-0.39, 0.29) is 0 Å². The number of nitrogens with zero attached hydrogens (tertiary/aromatic N) is 6. The highest BCUT2D eigenvalue weighted by Gasteiger charge is 2.20. The summed E-state index contributed by atoms with van der Waals surface area (Å²) < 4.78 is 7.07. The van der Waals surface area contributed by atoms with Crippen molar-refractivity contribution in [3.8, 4) is 5.75 Å². The summed E-state index contributed by atoms with van der Waals surface area (Å²) in [7, 11) is 1.69. The summed E-state index contributed by atoms with van der Waals surface area (Å²) in [6.07, 6.45) is 2.46. The highest BCUT2D eigenvalue weighted by molar-refractivity contribution is 5.53. The maximum atomic E-state index is 5.24. The van der Waals surface area contributed by atoms with Crippen molar-refractivity contribution in [2.45, 2.75) is 13.3 Å². The zero-order valence-corrected chi connectivity index (χ0v) is 14.6.